The lowest BCUT2D eigenvalue weighted by atomic mass is 10.4. The van der Waals surface area contributed by atoms with E-state index in [1.54, 1.807) is 13.8 Å². The SMILES string of the molecule is CCC(O)n1c([N+](=O)[O-])cnc1C. The number of imidazole rings is 1. The van der Waals surface area contributed by atoms with Crippen LogP contribution in [0.2, 0.25) is 0 Å². The largest absolute Gasteiger partial charge is 0.358 e. The van der Waals surface area contributed by atoms with Crippen LogP contribution < -0.4 is 0 Å². The van der Waals surface area contributed by atoms with Gasteiger partial charge >= 0.3 is 5.82 Å². The van der Waals surface area contributed by atoms with Gasteiger partial charge in [0, 0.05) is 13.3 Å². The van der Waals surface area contributed by atoms with Gasteiger partial charge in [-0.3, -0.25) is 0 Å². The second-order valence-corrected chi connectivity index (χ2v) is 2.68. The molecule has 0 saturated heterocycles. The summed E-state index contributed by atoms with van der Waals surface area (Å²) < 4.78 is 1.21. The number of rotatable bonds is 3. The fraction of sp³-hybridized carbons (Fsp3) is 0.571. The molecular weight excluding hydrogens is 174 g/mol. The third kappa shape index (κ3) is 1.67. The van der Waals surface area contributed by atoms with Crippen molar-refractivity contribution < 1.29 is 10.0 Å². The molecule has 0 amide bonds. The molecule has 1 heterocycles. The summed E-state index contributed by atoms with van der Waals surface area (Å²) in [6.07, 6.45) is 0.689. The molecule has 1 aromatic rings. The Balaban J connectivity index is 3.15. The molecule has 0 fully saturated rings. The minimum atomic E-state index is -0.872. The molecule has 0 saturated carbocycles. The summed E-state index contributed by atoms with van der Waals surface area (Å²) >= 11 is 0. The first-order valence-electron chi connectivity index (χ1n) is 3.94. The van der Waals surface area contributed by atoms with Gasteiger partial charge in [0.05, 0.1) is 0 Å². The molecule has 6 heteroatoms. The van der Waals surface area contributed by atoms with Gasteiger partial charge in [0.25, 0.3) is 0 Å². The summed E-state index contributed by atoms with van der Waals surface area (Å²) in [5.41, 5.74) is 0. The van der Waals surface area contributed by atoms with Gasteiger partial charge in [0.1, 0.15) is 6.20 Å². The number of aliphatic hydroxyl groups is 1. The molecule has 1 unspecified atom stereocenters. The standard InChI is InChI=1S/C7H11N3O3/c1-3-7(11)9-5(2)8-4-6(9)10(12)13/h4,7,11H,3H2,1-2H3. The van der Waals surface area contributed by atoms with Gasteiger partial charge in [-0.15, -0.1) is 0 Å². The van der Waals surface area contributed by atoms with Crippen molar-refractivity contribution in [3.63, 3.8) is 0 Å². The predicted molar refractivity (Wildman–Crippen MR) is 45.2 cm³/mol. The van der Waals surface area contributed by atoms with Crippen molar-refractivity contribution in [3.8, 4) is 0 Å². The van der Waals surface area contributed by atoms with Crippen LogP contribution in [-0.4, -0.2) is 19.6 Å². The van der Waals surface area contributed by atoms with E-state index in [0.29, 0.717) is 12.2 Å². The Kier molecular flexibility index (Phi) is 2.62. The smallest absolute Gasteiger partial charge is 0.345 e. The molecule has 1 rings (SSSR count). The van der Waals surface area contributed by atoms with E-state index in [2.05, 4.69) is 4.98 Å². The zero-order valence-electron chi connectivity index (χ0n) is 7.47. The molecule has 0 aliphatic heterocycles. The summed E-state index contributed by atoms with van der Waals surface area (Å²) in [6.45, 7) is 3.36. The van der Waals surface area contributed by atoms with Crippen molar-refractivity contribution in [1.82, 2.24) is 9.55 Å². The molecule has 0 aliphatic rings. The van der Waals surface area contributed by atoms with Crippen molar-refractivity contribution in [1.29, 1.82) is 0 Å². The molecule has 0 aliphatic carbocycles. The van der Waals surface area contributed by atoms with E-state index in [1.165, 1.54) is 4.57 Å². The maximum absolute atomic E-state index is 10.5. The quantitative estimate of drug-likeness (QED) is 0.562. The number of aryl methyl sites for hydroxylation is 1. The van der Waals surface area contributed by atoms with Crippen LogP contribution in [0, 0.1) is 17.0 Å². The highest BCUT2D eigenvalue weighted by atomic mass is 16.6. The second-order valence-electron chi connectivity index (χ2n) is 2.68. The Morgan fingerprint density at radius 3 is 2.92 bits per heavy atom. The average molecular weight is 185 g/mol. The molecule has 72 valence electrons. The lowest BCUT2D eigenvalue weighted by molar-refractivity contribution is -0.393. The van der Waals surface area contributed by atoms with Gasteiger partial charge in [-0.2, -0.15) is 4.57 Å². The average Bonchev–Trinajstić information content (AvgIpc) is 2.46. The topological polar surface area (TPSA) is 81.2 Å². The molecule has 1 N–H and O–H groups in total. The molecule has 0 aromatic carbocycles. The van der Waals surface area contributed by atoms with Gasteiger partial charge in [0.15, 0.2) is 5.82 Å². The highest BCUT2D eigenvalue weighted by Gasteiger charge is 2.22. The van der Waals surface area contributed by atoms with Crippen molar-refractivity contribution in [2.24, 2.45) is 0 Å². The Morgan fingerprint density at radius 2 is 2.46 bits per heavy atom. The van der Waals surface area contributed by atoms with Crippen LogP contribution in [0.5, 0.6) is 0 Å². The van der Waals surface area contributed by atoms with E-state index in [9.17, 15) is 15.2 Å². The van der Waals surface area contributed by atoms with Gasteiger partial charge < -0.3 is 15.2 Å². The van der Waals surface area contributed by atoms with Gasteiger partial charge in [-0.25, -0.2) is 4.98 Å². The summed E-state index contributed by atoms with van der Waals surface area (Å²) in [4.78, 5) is 13.7. The molecule has 6 nitrogen and oxygen atoms in total. The van der Waals surface area contributed by atoms with E-state index >= 15 is 0 Å². The molecule has 0 spiro atoms. The van der Waals surface area contributed by atoms with Crippen LogP contribution in [0.4, 0.5) is 5.82 Å². The second kappa shape index (κ2) is 3.53. The summed E-state index contributed by atoms with van der Waals surface area (Å²) in [6, 6.07) is 0. The van der Waals surface area contributed by atoms with Gasteiger partial charge in [0.2, 0.25) is 6.23 Å². The van der Waals surface area contributed by atoms with Crippen LogP contribution >= 0.6 is 0 Å². The number of aliphatic hydroxyl groups excluding tert-OH is 1. The summed E-state index contributed by atoms with van der Waals surface area (Å²) in [5.74, 6) is 0.271. The maximum Gasteiger partial charge on any atom is 0.345 e. The van der Waals surface area contributed by atoms with Crippen molar-refractivity contribution in [2.45, 2.75) is 26.5 Å². The van der Waals surface area contributed by atoms with Crippen LogP contribution in [0.15, 0.2) is 6.20 Å². The van der Waals surface area contributed by atoms with Crippen LogP contribution in [-0.2, 0) is 0 Å². The fourth-order valence-corrected chi connectivity index (χ4v) is 1.13. The Morgan fingerprint density at radius 1 is 1.85 bits per heavy atom. The number of nitro groups is 1. The molecule has 0 bridgehead atoms. The molecule has 1 aromatic heterocycles. The first-order chi connectivity index (χ1) is 6.07. The van der Waals surface area contributed by atoms with E-state index < -0.39 is 11.2 Å². The van der Waals surface area contributed by atoms with E-state index in [4.69, 9.17) is 0 Å². The maximum atomic E-state index is 10.5. The minimum Gasteiger partial charge on any atom is -0.358 e. The number of nitrogens with zero attached hydrogens (tertiary/aromatic N) is 3. The van der Waals surface area contributed by atoms with Crippen molar-refractivity contribution in [3.05, 3.63) is 22.1 Å². The van der Waals surface area contributed by atoms with Gasteiger partial charge in [-0.1, -0.05) is 6.92 Å². The van der Waals surface area contributed by atoms with E-state index in [0.717, 1.165) is 6.20 Å². The number of aromatic nitrogens is 2. The number of hydrogen-bond acceptors (Lipinski definition) is 4. The minimum absolute atomic E-state index is 0.174. The molecule has 1 atom stereocenters. The normalized spacial score (nSPS) is 12.8. The summed E-state index contributed by atoms with van der Waals surface area (Å²) in [7, 11) is 0. The Hall–Kier alpha value is -1.43. The highest BCUT2D eigenvalue weighted by Crippen LogP contribution is 2.20. The van der Waals surface area contributed by atoms with Crippen molar-refractivity contribution >= 4 is 5.82 Å². The lowest BCUT2D eigenvalue weighted by Crippen LogP contribution is -2.11. The summed E-state index contributed by atoms with van der Waals surface area (Å²) in [5, 5.41) is 19.9. The predicted octanol–water partition coefficient (Wildman–Crippen LogP) is 1.00. The third-order valence-electron chi connectivity index (χ3n) is 1.81. The Bertz CT molecular complexity index is 321. The molecule has 0 radical (unpaired) electrons. The van der Waals surface area contributed by atoms with Crippen LogP contribution in [0.25, 0.3) is 0 Å². The molecule has 13 heavy (non-hydrogen) atoms. The molecular formula is C7H11N3O3. The fourth-order valence-electron chi connectivity index (χ4n) is 1.13. The monoisotopic (exact) mass is 185 g/mol. The van der Waals surface area contributed by atoms with Crippen LogP contribution in [0.3, 0.4) is 0 Å². The third-order valence-corrected chi connectivity index (χ3v) is 1.81. The van der Waals surface area contributed by atoms with E-state index in [-0.39, 0.29) is 5.82 Å². The van der Waals surface area contributed by atoms with Gasteiger partial charge in [-0.05, 0) is 4.92 Å². The van der Waals surface area contributed by atoms with E-state index in [1.807, 2.05) is 0 Å². The zero-order chi connectivity index (χ0) is 10.0. The van der Waals surface area contributed by atoms with Crippen LogP contribution in [0.1, 0.15) is 25.4 Å². The first-order valence-corrected chi connectivity index (χ1v) is 3.94. The number of hydrogen-bond donors (Lipinski definition) is 1. The zero-order valence-corrected chi connectivity index (χ0v) is 7.47. The first kappa shape index (κ1) is 9.66. The lowest BCUT2D eigenvalue weighted by Gasteiger charge is -2.07. The van der Waals surface area contributed by atoms with Crippen molar-refractivity contribution in [2.75, 3.05) is 0 Å². The Labute approximate surface area is 75.0 Å². The highest BCUT2D eigenvalue weighted by molar-refractivity contribution is 5.19.